The number of rotatable bonds is 6. The number of carbonyl (C=O) groups excluding carboxylic acids is 1. The second-order valence-electron chi connectivity index (χ2n) is 4.13. The van der Waals surface area contributed by atoms with Gasteiger partial charge in [0.15, 0.2) is 0 Å². The van der Waals surface area contributed by atoms with E-state index in [1.807, 2.05) is 31.4 Å². The number of thiophene rings is 1. The molecule has 1 aromatic heterocycles. The molecule has 0 unspecified atom stereocenters. The van der Waals surface area contributed by atoms with E-state index in [4.69, 9.17) is 5.11 Å². The average Bonchev–Trinajstić information content (AvgIpc) is 2.66. The van der Waals surface area contributed by atoms with E-state index in [9.17, 15) is 4.79 Å². The Balaban J connectivity index is 2.30. The minimum Gasteiger partial charge on any atom is -0.396 e. The van der Waals surface area contributed by atoms with E-state index < -0.39 is 0 Å². The zero-order valence-corrected chi connectivity index (χ0v) is 11.2. The van der Waals surface area contributed by atoms with Gasteiger partial charge in [-0.3, -0.25) is 4.79 Å². The van der Waals surface area contributed by atoms with E-state index in [0.29, 0.717) is 12.2 Å². The summed E-state index contributed by atoms with van der Waals surface area (Å²) in [5.74, 6) is 0.437. The van der Waals surface area contributed by atoms with Crippen LogP contribution in [0, 0.1) is 0 Å². The molecule has 2 N–H and O–H groups in total. The predicted octanol–water partition coefficient (Wildman–Crippen LogP) is 2.12. The highest BCUT2D eigenvalue weighted by atomic mass is 32.2. The molecular weight excluding hydrogens is 242 g/mol. The fourth-order valence-corrected chi connectivity index (χ4v) is 2.82. The molecule has 5 heteroatoms. The Bertz CT molecular complexity index is 323. The van der Waals surface area contributed by atoms with Crippen LogP contribution in [0.3, 0.4) is 0 Å². The molecule has 16 heavy (non-hydrogen) atoms. The van der Waals surface area contributed by atoms with Crippen molar-refractivity contribution in [2.24, 2.45) is 0 Å². The van der Waals surface area contributed by atoms with Crippen LogP contribution in [-0.4, -0.2) is 28.9 Å². The van der Waals surface area contributed by atoms with Gasteiger partial charge in [-0.15, -0.1) is 23.1 Å². The molecule has 0 spiro atoms. The Labute approximate surface area is 104 Å². The van der Waals surface area contributed by atoms with Gasteiger partial charge in [-0.25, -0.2) is 0 Å². The number of hydrogen-bond donors (Lipinski definition) is 2. The molecule has 0 saturated heterocycles. The topological polar surface area (TPSA) is 49.3 Å². The number of aliphatic hydroxyl groups excluding tert-OH is 1. The largest absolute Gasteiger partial charge is 0.396 e. The van der Waals surface area contributed by atoms with Crippen molar-refractivity contribution in [1.82, 2.24) is 5.32 Å². The molecule has 0 aliphatic carbocycles. The lowest BCUT2D eigenvalue weighted by molar-refractivity contribution is -0.120. The van der Waals surface area contributed by atoms with E-state index in [2.05, 4.69) is 5.32 Å². The van der Waals surface area contributed by atoms with Crippen molar-refractivity contribution in [3.8, 4) is 0 Å². The van der Waals surface area contributed by atoms with Crippen molar-refractivity contribution in [3.63, 3.8) is 0 Å². The monoisotopic (exact) mass is 259 g/mol. The van der Waals surface area contributed by atoms with E-state index in [1.54, 1.807) is 11.3 Å². The quantitative estimate of drug-likeness (QED) is 0.769. The third-order valence-electron chi connectivity index (χ3n) is 2.06. The highest BCUT2D eigenvalue weighted by Gasteiger charge is 2.19. The van der Waals surface area contributed by atoms with Crippen LogP contribution < -0.4 is 5.32 Å². The maximum atomic E-state index is 11.6. The van der Waals surface area contributed by atoms with Crippen LogP contribution in [-0.2, 0) is 4.79 Å². The molecule has 0 aromatic carbocycles. The smallest absolute Gasteiger partial charge is 0.230 e. The first-order valence-corrected chi connectivity index (χ1v) is 6.98. The molecule has 0 aliphatic rings. The summed E-state index contributed by atoms with van der Waals surface area (Å²) in [6, 6.07) is 3.97. The maximum absolute atomic E-state index is 11.6. The van der Waals surface area contributed by atoms with Gasteiger partial charge in [-0.2, -0.15) is 0 Å². The number of amides is 1. The molecule has 0 radical (unpaired) electrons. The van der Waals surface area contributed by atoms with Crippen molar-refractivity contribution < 1.29 is 9.90 Å². The summed E-state index contributed by atoms with van der Waals surface area (Å²) in [5.41, 5.74) is -0.332. The third-order valence-corrected chi connectivity index (χ3v) is 4.19. The van der Waals surface area contributed by atoms with E-state index in [0.717, 1.165) is 4.21 Å². The molecule has 0 fully saturated rings. The zero-order valence-electron chi connectivity index (χ0n) is 9.53. The fourth-order valence-electron chi connectivity index (χ4n) is 1.24. The zero-order chi connectivity index (χ0) is 12.0. The summed E-state index contributed by atoms with van der Waals surface area (Å²) in [6.07, 6.45) is 0.572. The Morgan fingerprint density at radius 3 is 2.94 bits per heavy atom. The van der Waals surface area contributed by atoms with Gasteiger partial charge in [0.05, 0.1) is 9.96 Å². The van der Waals surface area contributed by atoms with Crippen molar-refractivity contribution in [2.45, 2.75) is 30.0 Å². The van der Waals surface area contributed by atoms with Crippen LogP contribution in [0.2, 0.25) is 0 Å². The predicted molar refractivity (Wildman–Crippen MR) is 69.0 cm³/mol. The van der Waals surface area contributed by atoms with Crippen molar-refractivity contribution in [1.29, 1.82) is 0 Å². The van der Waals surface area contributed by atoms with Gasteiger partial charge < -0.3 is 10.4 Å². The van der Waals surface area contributed by atoms with Crippen LogP contribution in [0.25, 0.3) is 0 Å². The highest BCUT2D eigenvalue weighted by molar-refractivity contribution is 8.01. The summed E-state index contributed by atoms with van der Waals surface area (Å²) < 4.78 is 1.15. The standard InChI is InChI=1S/C11H17NO2S2/c1-11(2,5-6-13)12-9(14)8-16-10-4-3-7-15-10/h3-4,7,13H,5-6,8H2,1-2H3,(H,12,14). The lowest BCUT2D eigenvalue weighted by Crippen LogP contribution is -2.44. The Morgan fingerprint density at radius 1 is 1.62 bits per heavy atom. The number of aliphatic hydroxyl groups is 1. The van der Waals surface area contributed by atoms with E-state index in [1.165, 1.54) is 11.8 Å². The molecule has 3 nitrogen and oxygen atoms in total. The summed E-state index contributed by atoms with van der Waals surface area (Å²) in [4.78, 5) is 11.6. The van der Waals surface area contributed by atoms with Crippen molar-refractivity contribution in [2.75, 3.05) is 12.4 Å². The first kappa shape index (κ1) is 13.5. The number of nitrogens with one attached hydrogen (secondary N) is 1. The second-order valence-corrected chi connectivity index (χ2v) is 6.35. The highest BCUT2D eigenvalue weighted by Crippen LogP contribution is 2.23. The SMILES string of the molecule is CC(C)(CCO)NC(=O)CSc1cccs1. The molecule has 1 rings (SSSR count). The van der Waals surface area contributed by atoms with E-state index >= 15 is 0 Å². The molecule has 1 aromatic rings. The molecule has 0 aliphatic heterocycles. The van der Waals surface area contributed by atoms with Gasteiger partial charge in [-0.1, -0.05) is 6.07 Å². The molecular formula is C11H17NO2S2. The molecule has 0 saturated carbocycles. The molecule has 0 atom stereocenters. The minimum absolute atomic E-state index is 0.0110. The average molecular weight is 259 g/mol. The second kappa shape index (κ2) is 6.27. The normalized spacial score (nSPS) is 11.4. The lowest BCUT2D eigenvalue weighted by Gasteiger charge is -2.25. The third kappa shape index (κ3) is 5.01. The van der Waals surface area contributed by atoms with Crippen molar-refractivity contribution in [3.05, 3.63) is 17.5 Å². The van der Waals surface area contributed by atoms with Crippen LogP contribution in [0.5, 0.6) is 0 Å². The molecule has 1 amide bonds. The molecule has 0 bridgehead atoms. The van der Waals surface area contributed by atoms with Crippen LogP contribution in [0.4, 0.5) is 0 Å². The van der Waals surface area contributed by atoms with Crippen LogP contribution >= 0.6 is 23.1 Å². The summed E-state index contributed by atoms with van der Waals surface area (Å²) in [6.45, 7) is 3.92. The van der Waals surface area contributed by atoms with Crippen molar-refractivity contribution >= 4 is 29.0 Å². The van der Waals surface area contributed by atoms with Crippen LogP contribution in [0.1, 0.15) is 20.3 Å². The number of thioether (sulfide) groups is 1. The van der Waals surface area contributed by atoms with Gasteiger partial charge >= 0.3 is 0 Å². The Morgan fingerprint density at radius 2 is 2.38 bits per heavy atom. The summed E-state index contributed by atoms with van der Waals surface area (Å²) in [5, 5.41) is 13.7. The van der Waals surface area contributed by atoms with Gasteiger partial charge in [0.1, 0.15) is 0 Å². The summed E-state index contributed by atoms with van der Waals surface area (Å²) in [7, 11) is 0. The maximum Gasteiger partial charge on any atom is 0.230 e. The molecule has 90 valence electrons. The summed E-state index contributed by atoms with van der Waals surface area (Å²) >= 11 is 3.17. The van der Waals surface area contributed by atoms with Gasteiger partial charge in [0.2, 0.25) is 5.91 Å². The molecule has 1 heterocycles. The van der Waals surface area contributed by atoms with Gasteiger partial charge in [0.25, 0.3) is 0 Å². The van der Waals surface area contributed by atoms with Crippen LogP contribution in [0.15, 0.2) is 21.7 Å². The Kier molecular flexibility index (Phi) is 5.31. The van der Waals surface area contributed by atoms with Gasteiger partial charge in [-0.05, 0) is 31.7 Å². The number of carbonyl (C=O) groups is 1. The number of hydrogen-bond acceptors (Lipinski definition) is 4. The first-order valence-electron chi connectivity index (χ1n) is 5.12. The van der Waals surface area contributed by atoms with Gasteiger partial charge in [0, 0.05) is 12.1 Å². The lowest BCUT2D eigenvalue weighted by atomic mass is 10.0. The minimum atomic E-state index is -0.332. The Hall–Kier alpha value is -0.520. The first-order chi connectivity index (χ1) is 7.53. The van der Waals surface area contributed by atoms with E-state index in [-0.39, 0.29) is 18.1 Å². The fraction of sp³-hybridized carbons (Fsp3) is 0.545.